The lowest BCUT2D eigenvalue weighted by molar-refractivity contribution is -0.121. The third-order valence-corrected chi connectivity index (χ3v) is 5.32. The second-order valence-electron chi connectivity index (χ2n) is 5.89. The van der Waals surface area contributed by atoms with Crippen LogP contribution in [0.15, 0.2) is 35.7 Å². The van der Waals surface area contributed by atoms with Gasteiger partial charge in [0.1, 0.15) is 0 Å². The molecule has 4 nitrogen and oxygen atoms in total. The fourth-order valence-electron chi connectivity index (χ4n) is 2.83. The quantitative estimate of drug-likeness (QED) is 0.876. The smallest absolute Gasteiger partial charge is 0.241 e. The number of nitrogens with zero attached hydrogens (tertiary/aromatic N) is 1. The number of anilines is 1. The van der Waals surface area contributed by atoms with E-state index >= 15 is 0 Å². The van der Waals surface area contributed by atoms with Crippen LogP contribution in [0.25, 0.3) is 0 Å². The average Bonchev–Trinajstić information content (AvgIpc) is 3.01. The minimum Gasteiger partial charge on any atom is -0.325 e. The van der Waals surface area contributed by atoms with Crippen molar-refractivity contribution in [1.29, 1.82) is 0 Å². The summed E-state index contributed by atoms with van der Waals surface area (Å²) in [5.74, 6) is -0.0421. The van der Waals surface area contributed by atoms with E-state index in [1.807, 2.05) is 13.0 Å². The van der Waals surface area contributed by atoms with Crippen LogP contribution >= 0.6 is 11.3 Å². The van der Waals surface area contributed by atoms with Crippen LogP contribution in [0.2, 0.25) is 0 Å². The number of hydrogen-bond donors (Lipinski definition) is 1. The topological polar surface area (TPSA) is 49.4 Å². The van der Waals surface area contributed by atoms with Crippen molar-refractivity contribution in [1.82, 2.24) is 4.90 Å². The summed E-state index contributed by atoms with van der Waals surface area (Å²) < 4.78 is 0. The average molecular weight is 328 g/mol. The molecule has 1 amide bonds. The van der Waals surface area contributed by atoms with E-state index in [0.29, 0.717) is 11.3 Å². The first-order chi connectivity index (χ1) is 11.0. The van der Waals surface area contributed by atoms with E-state index in [2.05, 4.69) is 21.7 Å². The van der Waals surface area contributed by atoms with Crippen LogP contribution in [-0.2, 0) is 17.8 Å². The lowest BCUT2D eigenvalue weighted by Gasteiger charge is -2.31. The molecule has 5 heteroatoms. The van der Waals surface area contributed by atoms with Crippen LogP contribution < -0.4 is 5.32 Å². The van der Waals surface area contributed by atoms with E-state index in [1.165, 1.54) is 17.4 Å². The van der Waals surface area contributed by atoms with Crippen molar-refractivity contribution in [3.63, 3.8) is 0 Å². The van der Waals surface area contributed by atoms with Gasteiger partial charge in [-0.25, -0.2) is 0 Å². The number of amides is 1. The van der Waals surface area contributed by atoms with E-state index in [-0.39, 0.29) is 17.7 Å². The molecule has 0 saturated carbocycles. The fourth-order valence-corrected chi connectivity index (χ4v) is 3.72. The molecule has 1 N–H and O–H groups in total. The van der Waals surface area contributed by atoms with Gasteiger partial charge in [-0.1, -0.05) is 12.1 Å². The predicted molar refractivity (Wildman–Crippen MR) is 93.0 cm³/mol. The van der Waals surface area contributed by atoms with E-state index < -0.39 is 0 Å². The number of carbonyl (C=O) groups excluding carboxylic acids is 2. The highest BCUT2D eigenvalue weighted by Crippen LogP contribution is 2.25. The Hall–Kier alpha value is -1.98. The Morgan fingerprint density at radius 1 is 1.30 bits per heavy atom. The highest BCUT2D eigenvalue weighted by atomic mass is 32.1. The van der Waals surface area contributed by atoms with Crippen LogP contribution in [0.4, 0.5) is 5.69 Å². The number of Topliss-reactive ketones (excluding diaryl/α,β-unsaturated/α-hetero) is 1. The Morgan fingerprint density at radius 2 is 2.13 bits per heavy atom. The highest BCUT2D eigenvalue weighted by Gasteiger charge is 2.25. The molecule has 1 aromatic carbocycles. The molecule has 0 aliphatic carbocycles. The Labute approximate surface area is 140 Å². The summed E-state index contributed by atoms with van der Waals surface area (Å²) in [5, 5.41) is 5.04. The molecule has 1 aliphatic heterocycles. The molecule has 2 heterocycles. The standard InChI is InChI=1S/C18H20N2O2S/c1-12(20-8-6-17-15(11-20)7-9-23-17)18(22)19-16-5-3-4-14(10-16)13(2)21/h3-5,7,9-10,12H,6,8,11H2,1-2H3,(H,19,22)/t12-/m0/s1. The van der Waals surface area contributed by atoms with Crippen molar-refractivity contribution in [2.45, 2.75) is 32.9 Å². The van der Waals surface area contributed by atoms with Gasteiger partial charge < -0.3 is 5.32 Å². The Bertz CT molecular complexity index is 738. The third kappa shape index (κ3) is 3.51. The van der Waals surface area contributed by atoms with Crippen LogP contribution in [0.3, 0.4) is 0 Å². The van der Waals surface area contributed by atoms with Gasteiger partial charge in [0.25, 0.3) is 0 Å². The van der Waals surface area contributed by atoms with Crippen molar-refractivity contribution in [2.75, 3.05) is 11.9 Å². The van der Waals surface area contributed by atoms with Gasteiger partial charge >= 0.3 is 0 Å². The second-order valence-corrected chi connectivity index (χ2v) is 6.89. The summed E-state index contributed by atoms with van der Waals surface area (Å²) in [6.45, 7) is 5.17. The molecule has 1 atom stereocenters. The second kappa shape index (κ2) is 6.64. The predicted octanol–water partition coefficient (Wildman–Crippen LogP) is 3.34. The first-order valence-electron chi connectivity index (χ1n) is 7.76. The minimum absolute atomic E-state index is 0.00448. The van der Waals surface area contributed by atoms with Crippen molar-refractivity contribution in [3.05, 3.63) is 51.7 Å². The number of ketones is 1. The maximum Gasteiger partial charge on any atom is 0.241 e. The van der Waals surface area contributed by atoms with Crippen LogP contribution in [0.5, 0.6) is 0 Å². The highest BCUT2D eigenvalue weighted by molar-refractivity contribution is 7.10. The van der Waals surface area contributed by atoms with Gasteiger partial charge in [0, 0.05) is 29.2 Å². The van der Waals surface area contributed by atoms with Gasteiger partial charge in [0.05, 0.1) is 6.04 Å². The summed E-state index contributed by atoms with van der Waals surface area (Å²) >= 11 is 1.80. The number of hydrogen-bond acceptors (Lipinski definition) is 4. The van der Waals surface area contributed by atoms with E-state index in [9.17, 15) is 9.59 Å². The van der Waals surface area contributed by atoms with Crippen LogP contribution in [-0.4, -0.2) is 29.2 Å². The maximum atomic E-state index is 12.5. The monoisotopic (exact) mass is 328 g/mol. The summed E-state index contributed by atoms with van der Waals surface area (Å²) in [7, 11) is 0. The first kappa shape index (κ1) is 15.9. The van der Waals surface area contributed by atoms with Gasteiger partial charge in [-0.05, 0) is 49.4 Å². The van der Waals surface area contributed by atoms with Crippen molar-refractivity contribution >= 4 is 28.7 Å². The molecule has 1 aromatic heterocycles. The number of rotatable bonds is 4. The lowest BCUT2D eigenvalue weighted by atomic mass is 10.1. The van der Waals surface area contributed by atoms with Gasteiger partial charge in [-0.3, -0.25) is 14.5 Å². The van der Waals surface area contributed by atoms with Gasteiger partial charge in [0.15, 0.2) is 5.78 Å². The third-order valence-electron chi connectivity index (χ3n) is 4.30. The molecule has 0 bridgehead atoms. The zero-order chi connectivity index (χ0) is 16.4. The van der Waals surface area contributed by atoms with Gasteiger partial charge in [0.2, 0.25) is 5.91 Å². The SMILES string of the molecule is CC(=O)c1cccc(NC(=O)[C@H](C)N2CCc3sccc3C2)c1. The molecular weight excluding hydrogens is 308 g/mol. The largest absolute Gasteiger partial charge is 0.325 e. The van der Waals surface area contributed by atoms with Crippen LogP contribution in [0, 0.1) is 0 Å². The lowest BCUT2D eigenvalue weighted by Crippen LogP contribution is -2.44. The molecule has 0 spiro atoms. The van der Waals surface area contributed by atoms with Crippen LogP contribution in [0.1, 0.15) is 34.6 Å². The number of carbonyl (C=O) groups is 2. The van der Waals surface area contributed by atoms with Crippen molar-refractivity contribution in [3.8, 4) is 0 Å². The van der Waals surface area contributed by atoms with Gasteiger partial charge in [-0.2, -0.15) is 0 Å². The van der Waals surface area contributed by atoms with E-state index in [0.717, 1.165) is 19.5 Å². The van der Waals surface area contributed by atoms with Crippen molar-refractivity contribution < 1.29 is 9.59 Å². The number of thiophene rings is 1. The fraction of sp³-hybridized carbons (Fsp3) is 0.333. The molecule has 0 fully saturated rings. The minimum atomic E-state index is -0.205. The summed E-state index contributed by atoms with van der Waals surface area (Å²) in [6, 6.07) is 9.01. The number of nitrogens with one attached hydrogen (secondary N) is 1. The Kier molecular flexibility index (Phi) is 4.59. The molecule has 1 aliphatic rings. The molecule has 120 valence electrons. The summed E-state index contributed by atoms with van der Waals surface area (Å²) in [6.07, 6.45) is 1.00. The van der Waals surface area contributed by atoms with E-state index in [1.54, 1.807) is 29.5 Å². The summed E-state index contributed by atoms with van der Waals surface area (Å²) in [5.41, 5.74) is 2.61. The molecule has 0 unspecified atom stereocenters. The van der Waals surface area contributed by atoms with E-state index in [4.69, 9.17) is 0 Å². The normalized spacial score (nSPS) is 15.7. The van der Waals surface area contributed by atoms with Gasteiger partial charge in [-0.15, -0.1) is 11.3 Å². The first-order valence-corrected chi connectivity index (χ1v) is 8.63. The molecule has 0 saturated heterocycles. The zero-order valence-electron chi connectivity index (χ0n) is 13.3. The number of fused-ring (bicyclic) bond motifs is 1. The number of benzene rings is 1. The summed E-state index contributed by atoms with van der Waals surface area (Å²) in [4.78, 5) is 27.6. The molecule has 3 rings (SSSR count). The zero-order valence-corrected chi connectivity index (χ0v) is 14.2. The van der Waals surface area contributed by atoms with Crippen molar-refractivity contribution in [2.24, 2.45) is 0 Å². The molecule has 2 aromatic rings. The molecular formula is C18H20N2O2S. The molecule has 23 heavy (non-hydrogen) atoms. The molecule has 0 radical (unpaired) electrons. The maximum absolute atomic E-state index is 12.5. The Balaban J connectivity index is 1.66. The Morgan fingerprint density at radius 3 is 2.91 bits per heavy atom.